The van der Waals surface area contributed by atoms with Crippen molar-refractivity contribution >= 4 is 88.8 Å². The third-order valence-corrected chi connectivity index (χ3v) is 15.4. The highest BCUT2D eigenvalue weighted by Gasteiger charge is 2.50. The molecule has 0 bridgehead atoms. The molecule has 2 heterocycles. The molecule has 1 aliphatic carbocycles. The summed E-state index contributed by atoms with van der Waals surface area (Å²) >= 11 is 0. The fraction of sp³-hybridized carbons (Fsp3) is 0.0725. The Labute approximate surface area is 432 Å². The van der Waals surface area contributed by atoms with Gasteiger partial charge in [-0.3, -0.25) is 0 Å². The monoisotopic (exact) mass is 974 g/mol. The minimum absolute atomic E-state index is 0.116. The lowest BCUT2D eigenvalue weighted by Crippen LogP contribution is -2.29. The van der Waals surface area contributed by atoms with Crippen LogP contribution in [0.3, 0.4) is 0 Å². The van der Waals surface area contributed by atoms with Gasteiger partial charge in [-0.15, -0.1) is 0 Å². The first kappa shape index (κ1) is 44.4. The normalized spacial score (nSPS) is 13.0. The van der Waals surface area contributed by atoms with Crippen LogP contribution in [0.15, 0.2) is 245 Å². The molecule has 11 aromatic carbocycles. The first-order valence-electron chi connectivity index (χ1n) is 25.5. The molecule has 0 spiro atoms. The maximum atomic E-state index is 17.0. The average Bonchev–Trinajstić information content (AvgIpc) is 4.12. The van der Waals surface area contributed by atoms with Crippen LogP contribution in [0.5, 0.6) is 0 Å². The zero-order chi connectivity index (χ0) is 50.6. The minimum Gasteiger partial charge on any atom is -0.454 e. The summed E-state index contributed by atoms with van der Waals surface area (Å²) in [6.07, 6.45) is 0. The first-order chi connectivity index (χ1) is 36.7. The quantitative estimate of drug-likeness (QED) is 0.152. The number of rotatable bonds is 8. The fourth-order valence-electron chi connectivity index (χ4n) is 12.0. The van der Waals surface area contributed by atoms with E-state index in [4.69, 9.17) is 8.83 Å². The van der Waals surface area contributed by atoms with Gasteiger partial charge in [0.1, 0.15) is 22.8 Å². The Hall–Kier alpha value is -9.26. The van der Waals surface area contributed by atoms with E-state index in [9.17, 15) is 0 Å². The second-order valence-corrected chi connectivity index (χ2v) is 20.6. The Balaban J connectivity index is 1.20. The molecular formula is C69H48F2N2O2. The number of nitrogens with zero attached hydrogens (tertiary/aromatic N) is 2. The van der Waals surface area contributed by atoms with Crippen LogP contribution in [0.4, 0.5) is 42.9 Å². The molecule has 0 unspecified atom stereocenters. The van der Waals surface area contributed by atoms with Gasteiger partial charge in [0, 0.05) is 32.9 Å². The highest BCUT2D eigenvalue weighted by Crippen LogP contribution is 2.64. The zero-order valence-corrected chi connectivity index (χ0v) is 41.5. The molecule has 6 heteroatoms. The van der Waals surface area contributed by atoms with Crippen LogP contribution in [-0.4, -0.2) is 0 Å². The largest absolute Gasteiger partial charge is 0.454 e. The molecule has 1 aliphatic rings. The van der Waals surface area contributed by atoms with Gasteiger partial charge in [0.15, 0.2) is 11.2 Å². The Morgan fingerprint density at radius 1 is 0.387 bits per heavy atom. The molecule has 0 radical (unpaired) electrons. The summed E-state index contributed by atoms with van der Waals surface area (Å²) in [5.41, 5.74) is 12.2. The minimum atomic E-state index is -1.04. The van der Waals surface area contributed by atoms with E-state index in [0.29, 0.717) is 45.1 Å². The zero-order valence-electron chi connectivity index (χ0n) is 41.5. The lowest BCUT2D eigenvalue weighted by atomic mass is 9.67. The first-order valence-corrected chi connectivity index (χ1v) is 25.5. The predicted molar refractivity (Wildman–Crippen MR) is 304 cm³/mol. The predicted octanol–water partition coefficient (Wildman–Crippen LogP) is 19.5. The highest BCUT2D eigenvalue weighted by molar-refractivity contribution is 6.27. The van der Waals surface area contributed by atoms with Crippen molar-refractivity contribution in [2.75, 3.05) is 9.80 Å². The second kappa shape index (κ2) is 16.9. The molecule has 360 valence electrons. The van der Waals surface area contributed by atoms with Crippen molar-refractivity contribution in [2.24, 2.45) is 0 Å². The van der Waals surface area contributed by atoms with Gasteiger partial charge in [-0.1, -0.05) is 185 Å². The van der Waals surface area contributed by atoms with Crippen molar-refractivity contribution in [3.05, 3.63) is 276 Å². The Kier molecular flexibility index (Phi) is 10.0. The molecule has 0 saturated heterocycles. The van der Waals surface area contributed by atoms with Crippen molar-refractivity contribution in [1.82, 2.24) is 0 Å². The maximum absolute atomic E-state index is 17.0. The van der Waals surface area contributed by atoms with E-state index >= 15 is 8.78 Å². The van der Waals surface area contributed by atoms with Gasteiger partial charge in [0.25, 0.3) is 0 Å². The van der Waals surface area contributed by atoms with Crippen LogP contribution >= 0.6 is 0 Å². The van der Waals surface area contributed by atoms with E-state index in [0.717, 1.165) is 82.6 Å². The molecule has 0 N–H and O–H groups in total. The highest BCUT2D eigenvalue weighted by atomic mass is 19.1. The summed E-state index contributed by atoms with van der Waals surface area (Å²) in [6, 6.07) is 79.1. The molecule has 14 rings (SSSR count). The number of hydrogen-bond donors (Lipinski definition) is 0. The van der Waals surface area contributed by atoms with Crippen molar-refractivity contribution < 1.29 is 17.6 Å². The van der Waals surface area contributed by atoms with E-state index in [1.165, 1.54) is 12.1 Å². The third-order valence-electron chi connectivity index (χ3n) is 15.4. The van der Waals surface area contributed by atoms with Crippen molar-refractivity contribution in [1.29, 1.82) is 0 Å². The smallest absolute Gasteiger partial charge is 0.160 e. The van der Waals surface area contributed by atoms with Gasteiger partial charge < -0.3 is 18.6 Å². The summed E-state index contributed by atoms with van der Waals surface area (Å²) in [7, 11) is 0. The molecular weight excluding hydrogens is 927 g/mol. The van der Waals surface area contributed by atoms with Crippen LogP contribution in [0.2, 0.25) is 0 Å². The van der Waals surface area contributed by atoms with E-state index in [-0.39, 0.29) is 17.0 Å². The number of anilines is 6. The van der Waals surface area contributed by atoms with Gasteiger partial charge in [0.2, 0.25) is 0 Å². The topological polar surface area (TPSA) is 32.8 Å². The second-order valence-electron chi connectivity index (χ2n) is 20.6. The molecule has 2 aromatic heterocycles. The summed E-state index contributed by atoms with van der Waals surface area (Å²) in [6.45, 7) is 6.59. The van der Waals surface area contributed by atoms with Gasteiger partial charge in [-0.25, -0.2) is 8.78 Å². The van der Waals surface area contributed by atoms with Crippen molar-refractivity contribution in [3.63, 3.8) is 0 Å². The molecule has 0 fully saturated rings. The van der Waals surface area contributed by atoms with E-state index in [1.807, 2.05) is 70.5 Å². The number of fused-ring (bicyclic) bond motifs is 12. The van der Waals surface area contributed by atoms with Crippen LogP contribution in [0, 0.1) is 11.6 Å². The number of halogens is 2. The summed E-state index contributed by atoms with van der Waals surface area (Å²) in [5.74, 6) is -0.753. The SMILES string of the molecule is CC(C)(C)c1ccc(N(c2ccccc2F)c2cc3c(c4c2oc2ccccc24)-c2c(cc(N(c4ccc5ccccc5c4)c4ccccc4F)c4oc5ccccc5c24)C3(c2ccccc2)c2ccccc2)cc1. The van der Waals surface area contributed by atoms with E-state index < -0.39 is 5.41 Å². The van der Waals surface area contributed by atoms with Gasteiger partial charge in [-0.05, 0) is 128 Å². The van der Waals surface area contributed by atoms with Crippen molar-refractivity contribution in [2.45, 2.75) is 31.6 Å². The van der Waals surface area contributed by atoms with Crippen LogP contribution in [0.1, 0.15) is 48.6 Å². The number of furan rings is 2. The lowest BCUT2D eigenvalue weighted by molar-refractivity contribution is 0.590. The van der Waals surface area contributed by atoms with E-state index in [2.05, 4.69) is 172 Å². The average molecular weight is 975 g/mol. The molecule has 4 nitrogen and oxygen atoms in total. The fourth-order valence-corrected chi connectivity index (χ4v) is 12.0. The van der Waals surface area contributed by atoms with Gasteiger partial charge >= 0.3 is 0 Å². The number of benzene rings is 11. The van der Waals surface area contributed by atoms with Crippen LogP contribution < -0.4 is 9.80 Å². The summed E-state index contributed by atoms with van der Waals surface area (Å²) < 4.78 is 48.4. The third kappa shape index (κ3) is 6.72. The van der Waals surface area contributed by atoms with E-state index in [1.54, 1.807) is 12.1 Å². The Bertz CT molecular complexity index is 4340. The Morgan fingerprint density at radius 3 is 1.32 bits per heavy atom. The van der Waals surface area contributed by atoms with Crippen LogP contribution in [-0.2, 0) is 10.8 Å². The summed E-state index contributed by atoms with van der Waals surface area (Å²) in [4.78, 5) is 4.04. The van der Waals surface area contributed by atoms with Gasteiger partial charge in [-0.2, -0.15) is 0 Å². The molecule has 0 amide bonds. The molecule has 0 saturated carbocycles. The van der Waals surface area contributed by atoms with Crippen molar-refractivity contribution in [3.8, 4) is 11.1 Å². The van der Waals surface area contributed by atoms with Crippen LogP contribution in [0.25, 0.3) is 65.8 Å². The van der Waals surface area contributed by atoms with Gasteiger partial charge in [0.05, 0.1) is 28.2 Å². The summed E-state index contributed by atoms with van der Waals surface area (Å²) in [5, 5.41) is 5.69. The lowest BCUT2D eigenvalue weighted by Gasteiger charge is -2.36. The number of para-hydroxylation sites is 4. The standard InChI is InChI=1S/C69H48F2N2O2/c1-68(2,3)45-35-38-48(39-36-45)72(56-30-16-14-28-54(56)70)58-41-52-64(62-50-26-12-18-32-60(50)74-66(58)62)65-53(69(52,46-22-6-4-7-23-46)47-24-8-5-9-25-47)42-59(67-63(65)51-27-13-19-33-61(51)75-67)73(57-31-17-15-29-55(57)71)49-37-34-43-20-10-11-21-44(43)40-49/h4-42H,1-3H3. The maximum Gasteiger partial charge on any atom is 0.160 e. The Morgan fingerprint density at radius 2 is 0.813 bits per heavy atom. The molecule has 13 aromatic rings. The molecule has 0 aliphatic heterocycles. The number of hydrogen-bond acceptors (Lipinski definition) is 4. The molecule has 75 heavy (non-hydrogen) atoms. The molecule has 0 atom stereocenters.